The van der Waals surface area contributed by atoms with Gasteiger partial charge in [0.15, 0.2) is 5.76 Å². The van der Waals surface area contributed by atoms with E-state index in [1.54, 1.807) is 12.1 Å². The fourth-order valence-corrected chi connectivity index (χ4v) is 4.54. The number of amides is 1. The van der Waals surface area contributed by atoms with Crippen molar-refractivity contribution < 1.29 is 19.1 Å². The molecule has 0 radical (unpaired) electrons. The maximum Gasteiger partial charge on any atom is 0.296 e. The first-order chi connectivity index (χ1) is 15.9. The van der Waals surface area contributed by atoms with E-state index >= 15 is 0 Å². The first kappa shape index (κ1) is 21.2. The quantitative estimate of drug-likeness (QED) is 0.241. The second kappa shape index (κ2) is 8.04. The molecule has 1 aliphatic rings. The van der Waals surface area contributed by atoms with Gasteiger partial charge in [0.2, 0.25) is 0 Å². The molecule has 8 heteroatoms. The molecule has 4 aromatic rings. The van der Waals surface area contributed by atoms with Crippen LogP contribution < -0.4 is 0 Å². The zero-order valence-corrected chi connectivity index (χ0v) is 19.5. The van der Waals surface area contributed by atoms with Crippen LogP contribution in [0, 0.1) is 13.8 Å². The van der Waals surface area contributed by atoms with Crippen LogP contribution in [-0.2, 0) is 16.1 Å². The standard InChI is InChI=1S/C25H20BrN3O4/c1-14-5-3-11-28-15(2)20(27-24(14)28)22(30)19-21(16-7-9-17(26)10-8-16)29(25(32)23(19)31)13-18-6-4-12-33-18/h3-12,21,30H,13H2,1-2H3/b22-19+. The summed E-state index contributed by atoms with van der Waals surface area (Å²) in [5.74, 6) is -1.19. The first-order valence-electron chi connectivity index (χ1n) is 10.4. The van der Waals surface area contributed by atoms with E-state index in [1.807, 2.05) is 60.8 Å². The number of aliphatic hydroxyl groups excluding tert-OH is 1. The zero-order chi connectivity index (χ0) is 23.3. The highest BCUT2D eigenvalue weighted by Gasteiger charge is 2.46. The minimum atomic E-state index is -0.784. The number of imidazole rings is 1. The summed E-state index contributed by atoms with van der Waals surface area (Å²) < 4.78 is 8.15. The van der Waals surface area contributed by atoms with Crippen LogP contribution >= 0.6 is 15.9 Å². The van der Waals surface area contributed by atoms with Gasteiger partial charge in [-0.15, -0.1) is 0 Å². The number of aromatic nitrogens is 2. The molecule has 1 aliphatic heterocycles. The summed E-state index contributed by atoms with van der Waals surface area (Å²) in [6.07, 6.45) is 3.37. The molecule has 0 bridgehead atoms. The number of benzene rings is 1. The maximum absolute atomic E-state index is 13.2. The van der Waals surface area contributed by atoms with Gasteiger partial charge in [-0.05, 0) is 55.3 Å². The molecule has 4 heterocycles. The third kappa shape index (κ3) is 3.47. The van der Waals surface area contributed by atoms with Crippen LogP contribution in [0.3, 0.4) is 0 Å². The lowest BCUT2D eigenvalue weighted by molar-refractivity contribution is -0.140. The first-order valence-corrected chi connectivity index (χ1v) is 11.2. The van der Waals surface area contributed by atoms with Gasteiger partial charge >= 0.3 is 0 Å². The summed E-state index contributed by atoms with van der Waals surface area (Å²) in [4.78, 5) is 32.3. The molecule has 1 amide bonds. The Morgan fingerprint density at radius 1 is 1.12 bits per heavy atom. The molecule has 1 unspecified atom stereocenters. The van der Waals surface area contributed by atoms with Gasteiger partial charge in [0, 0.05) is 10.7 Å². The van der Waals surface area contributed by atoms with E-state index in [1.165, 1.54) is 11.2 Å². The van der Waals surface area contributed by atoms with E-state index < -0.39 is 17.7 Å². The van der Waals surface area contributed by atoms with Gasteiger partial charge in [-0.1, -0.05) is 34.1 Å². The molecule has 0 saturated carbocycles. The number of carbonyl (C=O) groups excluding carboxylic acids is 2. The Kier molecular flexibility index (Phi) is 5.17. The Hall–Kier alpha value is -3.65. The number of aryl methyl sites for hydroxylation is 2. The molecule has 1 aromatic carbocycles. The predicted octanol–water partition coefficient (Wildman–Crippen LogP) is 4.93. The Morgan fingerprint density at radius 2 is 1.88 bits per heavy atom. The average Bonchev–Trinajstić information content (AvgIpc) is 3.49. The van der Waals surface area contributed by atoms with Crippen LogP contribution in [0.2, 0.25) is 0 Å². The Labute approximate surface area is 198 Å². The number of halogens is 1. The van der Waals surface area contributed by atoms with Crippen molar-refractivity contribution in [3.8, 4) is 0 Å². The minimum Gasteiger partial charge on any atom is -0.505 e. The second-order valence-corrected chi connectivity index (χ2v) is 8.90. The number of hydrogen-bond donors (Lipinski definition) is 1. The molecule has 33 heavy (non-hydrogen) atoms. The number of Topliss-reactive ketones (excluding diaryl/α,β-unsaturated/α-hetero) is 1. The smallest absolute Gasteiger partial charge is 0.296 e. The molecule has 7 nitrogen and oxygen atoms in total. The molecule has 166 valence electrons. The molecule has 1 N–H and O–H groups in total. The fraction of sp³-hybridized carbons (Fsp3) is 0.160. The van der Waals surface area contributed by atoms with Crippen LogP contribution in [0.1, 0.15) is 34.3 Å². The van der Waals surface area contributed by atoms with Crippen LogP contribution in [0.4, 0.5) is 0 Å². The molecule has 1 fully saturated rings. The van der Waals surface area contributed by atoms with Crippen molar-refractivity contribution in [2.24, 2.45) is 0 Å². The van der Waals surface area contributed by atoms with E-state index in [-0.39, 0.29) is 23.6 Å². The van der Waals surface area contributed by atoms with Crippen molar-refractivity contribution in [2.45, 2.75) is 26.4 Å². The van der Waals surface area contributed by atoms with Gasteiger partial charge in [0.25, 0.3) is 11.7 Å². The lowest BCUT2D eigenvalue weighted by Gasteiger charge is -2.24. The van der Waals surface area contributed by atoms with E-state index in [9.17, 15) is 14.7 Å². The van der Waals surface area contributed by atoms with E-state index in [0.29, 0.717) is 22.7 Å². The Balaban J connectivity index is 1.71. The molecule has 1 saturated heterocycles. The van der Waals surface area contributed by atoms with E-state index in [4.69, 9.17) is 4.42 Å². The van der Waals surface area contributed by atoms with Crippen molar-refractivity contribution >= 4 is 39.0 Å². The molecular formula is C25H20BrN3O4. The number of fused-ring (bicyclic) bond motifs is 1. The number of ketones is 1. The third-order valence-electron chi connectivity index (χ3n) is 5.94. The molecule has 0 aliphatic carbocycles. The van der Waals surface area contributed by atoms with Gasteiger partial charge in [-0.3, -0.25) is 9.59 Å². The third-order valence-corrected chi connectivity index (χ3v) is 6.47. The monoisotopic (exact) mass is 505 g/mol. The summed E-state index contributed by atoms with van der Waals surface area (Å²) in [5, 5.41) is 11.4. The van der Waals surface area contributed by atoms with Crippen molar-refractivity contribution in [1.82, 2.24) is 14.3 Å². The number of nitrogens with zero attached hydrogens (tertiary/aromatic N) is 3. The fourth-order valence-electron chi connectivity index (χ4n) is 4.28. The van der Waals surface area contributed by atoms with Gasteiger partial charge in [-0.2, -0.15) is 0 Å². The highest BCUT2D eigenvalue weighted by molar-refractivity contribution is 9.10. The average molecular weight is 506 g/mol. The number of aliphatic hydroxyl groups is 1. The number of rotatable bonds is 4. The van der Waals surface area contributed by atoms with Crippen LogP contribution in [0.5, 0.6) is 0 Å². The molecule has 5 rings (SSSR count). The number of likely N-dealkylation sites (tertiary alicyclic amines) is 1. The molecule has 1 atom stereocenters. The van der Waals surface area contributed by atoms with Crippen molar-refractivity contribution in [3.05, 3.63) is 99.3 Å². The maximum atomic E-state index is 13.2. The van der Waals surface area contributed by atoms with Crippen LogP contribution in [0.25, 0.3) is 11.4 Å². The summed E-state index contributed by atoms with van der Waals surface area (Å²) in [6.45, 7) is 3.84. The number of hydrogen-bond acceptors (Lipinski definition) is 5. The summed E-state index contributed by atoms with van der Waals surface area (Å²) in [6, 6.07) is 13.8. The summed E-state index contributed by atoms with van der Waals surface area (Å²) >= 11 is 3.42. The predicted molar refractivity (Wildman–Crippen MR) is 125 cm³/mol. The van der Waals surface area contributed by atoms with Gasteiger partial charge in [-0.25, -0.2) is 4.98 Å². The van der Waals surface area contributed by atoms with Gasteiger partial charge in [0.1, 0.15) is 17.1 Å². The van der Waals surface area contributed by atoms with Crippen molar-refractivity contribution in [1.29, 1.82) is 0 Å². The zero-order valence-electron chi connectivity index (χ0n) is 17.9. The number of pyridine rings is 1. The summed E-state index contributed by atoms with van der Waals surface area (Å²) in [5.41, 5.74) is 3.28. The lowest BCUT2D eigenvalue weighted by Crippen LogP contribution is -2.29. The highest BCUT2D eigenvalue weighted by atomic mass is 79.9. The Bertz CT molecular complexity index is 1420. The van der Waals surface area contributed by atoms with Gasteiger partial charge in [0.05, 0.1) is 30.1 Å². The normalized spacial score (nSPS) is 17.9. The lowest BCUT2D eigenvalue weighted by atomic mass is 9.96. The Morgan fingerprint density at radius 3 is 2.55 bits per heavy atom. The number of carbonyl (C=O) groups is 2. The topological polar surface area (TPSA) is 88.0 Å². The van der Waals surface area contributed by atoms with Crippen molar-refractivity contribution in [3.63, 3.8) is 0 Å². The highest BCUT2D eigenvalue weighted by Crippen LogP contribution is 2.41. The minimum absolute atomic E-state index is 0.0121. The van der Waals surface area contributed by atoms with E-state index in [2.05, 4.69) is 20.9 Å². The molecule has 3 aromatic heterocycles. The molecular weight excluding hydrogens is 486 g/mol. The van der Waals surface area contributed by atoms with Crippen LogP contribution in [-0.4, -0.2) is 31.1 Å². The number of furan rings is 1. The second-order valence-electron chi connectivity index (χ2n) is 7.99. The van der Waals surface area contributed by atoms with E-state index in [0.717, 1.165) is 10.0 Å². The van der Waals surface area contributed by atoms with Crippen LogP contribution in [0.15, 0.2) is 75.5 Å². The molecule has 0 spiro atoms. The summed E-state index contributed by atoms with van der Waals surface area (Å²) in [7, 11) is 0. The van der Waals surface area contributed by atoms with Gasteiger partial charge < -0.3 is 18.8 Å². The SMILES string of the molecule is Cc1cccn2c(C)c(/C(O)=C3\C(=O)C(=O)N(Cc4ccco4)C3c3ccc(Br)cc3)nc12. The van der Waals surface area contributed by atoms with Crippen molar-refractivity contribution in [2.75, 3.05) is 0 Å². The largest absolute Gasteiger partial charge is 0.505 e.